The van der Waals surface area contributed by atoms with Gasteiger partial charge < -0.3 is 5.32 Å². The van der Waals surface area contributed by atoms with Crippen LogP contribution in [0.4, 0.5) is 0 Å². The quantitative estimate of drug-likeness (QED) is 0.886. The van der Waals surface area contributed by atoms with E-state index in [-0.39, 0.29) is 0 Å². The summed E-state index contributed by atoms with van der Waals surface area (Å²) in [6.07, 6.45) is 3.57. The third-order valence-electron chi connectivity index (χ3n) is 3.71. The van der Waals surface area contributed by atoms with Gasteiger partial charge in [-0.1, -0.05) is 0 Å². The predicted octanol–water partition coefficient (Wildman–Crippen LogP) is 1.06. The molecule has 1 aromatic rings. The Morgan fingerprint density at radius 2 is 2.00 bits per heavy atom. The van der Waals surface area contributed by atoms with Gasteiger partial charge in [0.25, 0.3) is 0 Å². The zero-order chi connectivity index (χ0) is 12.9. The molecule has 1 aliphatic carbocycles. The number of hydrogen-bond acceptors (Lipinski definition) is 5. The van der Waals surface area contributed by atoms with Crippen molar-refractivity contribution in [2.45, 2.75) is 44.0 Å². The van der Waals surface area contributed by atoms with E-state index >= 15 is 0 Å². The number of aromatic nitrogens is 2. The highest BCUT2D eigenvalue weighted by Crippen LogP contribution is 2.42. The molecule has 5 nitrogen and oxygen atoms in total. The Bertz CT molecular complexity index is 594. The van der Waals surface area contributed by atoms with E-state index in [0.717, 1.165) is 37.3 Å². The van der Waals surface area contributed by atoms with Crippen LogP contribution in [0.3, 0.4) is 0 Å². The van der Waals surface area contributed by atoms with E-state index in [2.05, 4.69) is 15.3 Å². The lowest BCUT2D eigenvalue weighted by atomic mass is 10.1. The fourth-order valence-electron chi connectivity index (χ4n) is 2.28. The monoisotopic (exact) mass is 267 g/mol. The predicted molar refractivity (Wildman–Crippen MR) is 67.8 cm³/mol. The van der Waals surface area contributed by atoms with Crippen LogP contribution in [0.1, 0.15) is 53.7 Å². The maximum atomic E-state index is 11.6. The molecular weight excluding hydrogens is 250 g/mol. The summed E-state index contributed by atoms with van der Waals surface area (Å²) in [7, 11) is -3.14. The van der Waals surface area contributed by atoms with Crippen LogP contribution in [0.2, 0.25) is 0 Å². The first-order valence-corrected chi connectivity index (χ1v) is 8.21. The molecule has 1 atom stereocenters. The highest BCUT2D eigenvalue weighted by molar-refractivity contribution is 7.90. The SMILES string of the molecule is CC(c1nc2c(c(C3CC3)n1)CNC2)S(C)(=O)=O. The first-order valence-electron chi connectivity index (χ1n) is 6.26. The third kappa shape index (κ3) is 2.03. The van der Waals surface area contributed by atoms with E-state index in [0.29, 0.717) is 11.7 Å². The van der Waals surface area contributed by atoms with Gasteiger partial charge in [-0.15, -0.1) is 0 Å². The second-order valence-electron chi connectivity index (χ2n) is 5.24. The van der Waals surface area contributed by atoms with Gasteiger partial charge in [-0.25, -0.2) is 18.4 Å². The van der Waals surface area contributed by atoms with Crippen molar-refractivity contribution in [3.8, 4) is 0 Å². The van der Waals surface area contributed by atoms with Crippen molar-refractivity contribution in [1.82, 2.24) is 15.3 Å². The molecule has 6 heteroatoms. The maximum Gasteiger partial charge on any atom is 0.157 e. The molecule has 0 amide bonds. The van der Waals surface area contributed by atoms with Gasteiger partial charge in [-0.05, 0) is 19.8 Å². The van der Waals surface area contributed by atoms with E-state index in [1.165, 1.54) is 11.8 Å². The number of hydrogen-bond donors (Lipinski definition) is 1. The molecule has 0 spiro atoms. The van der Waals surface area contributed by atoms with Gasteiger partial charge in [0.15, 0.2) is 9.84 Å². The van der Waals surface area contributed by atoms with Gasteiger partial charge in [0.2, 0.25) is 0 Å². The van der Waals surface area contributed by atoms with Crippen molar-refractivity contribution in [2.75, 3.05) is 6.26 Å². The summed E-state index contributed by atoms with van der Waals surface area (Å²) in [5.41, 5.74) is 3.26. The largest absolute Gasteiger partial charge is 0.307 e. The Kier molecular flexibility index (Phi) is 2.67. The second-order valence-corrected chi connectivity index (χ2v) is 7.61. The number of sulfone groups is 1. The van der Waals surface area contributed by atoms with Crippen molar-refractivity contribution in [3.63, 3.8) is 0 Å². The van der Waals surface area contributed by atoms with Gasteiger partial charge >= 0.3 is 0 Å². The normalized spacial score (nSPS) is 20.8. The average Bonchev–Trinajstić information content (AvgIpc) is 3.03. The van der Waals surface area contributed by atoms with Gasteiger partial charge in [-0.2, -0.15) is 0 Å². The van der Waals surface area contributed by atoms with Crippen LogP contribution >= 0.6 is 0 Å². The highest BCUT2D eigenvalue weighted by atomic mass is 32.2. The van der Waals surface area contributed by atoms with Crippen LogP contribution in [0, 0.1) is 0 Å². The smallest absolute Gasteiger partial charge is 0.157 e. The second kappa shape index (κ2) is 3.99. The summed E-state index contributed by atoms with van der Waals surface area (Å²) in [5, 5.41) is 2.64. The summed E-state index contributed by atoms with van der Waals surface area (Å²) in [5.74, 6) is 0.981. The average molecular weight is 267 g/mol. The minimum Gasteiger partial charge on any atom is -0.307 e. The van der Waals surface area contributed by atoms with E-state index < -0.39 is 15.1 Å². The first-order chi connectivity index (χ1) is 8.47. The molecule has 0 radical (unpaired) electrons. The summed E-state index contributed by atoms with van der Waals surface area (Å²) in [6, 6.07) is 0. The molecule has 1 aromatic heterocycles. The van der Waals surface area contributed by atoms with Crippen LogP contribution in [0.25, 0.3) is 0 Å². The zero-order valence-corrected chi connectivity index (χ0v) is 11.4. The number of nitrogens with zero attached hydrogens (tertiary/aromatic N) is 2. The molecule has 1 fully saturated rings. The Labute approximate surface area is 107 Å². The summed E-state index contributed by atoms with van der Waals surface area (Å²) >= 11 is 0. The van der Waals surface area contributed by atoms with Crippen LogP contribution in [-0.2, 0) is 22.9 Å². The third-order valence-corrected chi connectivity index (χ3v) is 5.20. The molecule has 0 aromatic carbocycles. The zero-order valence-electron chi connectivity index (χ0n) is 10.6. The molecule has 0 bridgehead atoms. The first kappa shape index (κ1) is 12.0. The van der Waals surface area contributed by atoms with Gasteiger partial charge in [-0.3, -0.25) is 0 Å². The summed E-state index contributed by atoms with van der Waals surface area (Å²) < 4.78 is 23.3. The van der Waals surface area contributed by atoms with Gasteiger partial charge in [0, 0.05) is 30.8 Å². The molecule has 98 valence electrons. The van der Waals surface area contributed by atoms with Gasteiger partial charge in [0.1, 0.15) is 11.1 Å². The molecule has 1 saturated carbocycles. The molecule has 2 aliphatic rings. The minimum absolute atomic E-state index is 0.460. The molecule has 3 rings (SSSR count). The van der Waals surface area contributed by atoms with Crippen molar-refractivity contribution >= 4 is 9.84 Å². The van der Waals surface area contributed by atoms with Crippen molar-refractivity contribution in [2.24, 2.45) is 0 Å². The minimum atomic E-state index is -3.14. The lowest BCUT2D eigenvalue weighted by Crippen LogP contribution is -2.14. The Morgan fingerprint density at radius 1 is 1.28 bits per heavy atom. The topological polar surface area (TPSA) is 72.0 Å². The molecular formula is C12H17N3O2S. The van der Waals surface area contributed by atoms with Crippen LogP contribution in [0.5, 0.6) is 0 Å². The molecule has 2 heterocycles. The number of fused-ring (bicyclic) bond motifs is 1. The Morgan fingerprint density at radius 3 is 2.61 bits per heavy atom. The summed E-state index contributed by atoms with van der Waals surface area (Å²) in [4.78, 5) is 8.98. The van der Waals surface area contributed by atoms with Crippen molar-refractivity contribution in [1.29, 1.82) is 0 Å². The lowest BCUT2D eigenvalue weighted by Gasteiger charge is -2.12. The molecule has 1 unspecified atom stereocenters. The van der Waals surface area contributed by atoms with Crippen LogP contribution in [0.15, 0.2) is 0 Å². The standard InChI is InChI=1S/C12H17N3O2S/c1-7(18(2,16)17)12-14-10-6-13-5-9(10)11(15-12)8-3-4-8/h7-8,13H,3-6H2,1-2H3. The van der Waals surface area contributed by atoms with Crippen molar-refractivity contribution < 1.29 is 8.42 Å². The van der Waals surface area contributed by atoms with Crippen LogP contribution < -0.4 is 5.32 Å². The van der Waals surface area contributed by atoms with E-state index in [1.54, 1.807) is 6.92 Å². The number of nitrogens with one attached hydrogen (secondary N) is 1. The Balaban J connectivity index is 2.09. The lowest BCUT2D eigenvalue weighted by molar-refractivity contribution is 0.588. The fraction of sp³-hybridized carbons (Fsp3) is 0.667. The molecule has 1 aliphatic heterocycles. The maximum absolute atomic E-state index is 11.6. The van der Waals surface area contributed by atoms with Gasteiger partial charge in [0.05, 0.1) is 11.4 Å². The van der Waals surface area contributed by atoms with E-state index in [4.69, 9.17) is 0 Å². The Hall–Kier alpha value is -1.01. The molecule has 1 N–H and O–H groups in total. The van der Waals surface area contributed by atoms with E-state index in [1.807, 2.05) is 0 Å². The number of rotatable bonds is 3. The highest BCUT2D eigenvalue weighted by Gasteiger charge is 2.33. The van der Waals surface area contributed by atoms with E-state index in [9.17, 15) is 8.42 Å². The summed E-state index contributed by atoms with van der Waals surface area (Å²) in [6.45, 7) is 3.20. The van der Waals surface area contributed by atoms with Crippen molar-refractivity contribution in [3.05, 3.63) is 22.8 Å². The molecule has 18 heavy (non-hydrogen) atoms. The van der Waals surface area contributed by atoms with Crippen LogP contribution in [-0.4, -0.2) is 24.6 Å². The fourth-order valence-corrected chi connectivity index (χ4v) is 2.77. The molecule has 0 saturated heterocycles.